The number of quaternary nitrogens is 1. The first-order valence-electron chi connectivity index (χ1n) is 10.8. The van der Waals surface area contributed by atoms with E-state index >= 15 is 0 Å². The smallest absolute Gasteiger partial charge is 0.280 e. The Bertz CT molecular complexity index is 924. The van der Waals surface area contributed by atoms with Gasteiger partial charge in [0, 0.05) is 30.5 Å². The fourth-order valence-corrected chi connectivity index (χ4v) is 5.74. The highest BCUT2D eigenvalue weighted by atomic mass is 32.1. The van der Waals surface area contributed by atoms with Gasteiger partial charge < -0.3 is 20.3 Å². The maximum absolute atomic E-state index is 12.9. The molecule has 1 atom stereocenters. The molecule has 0 saturated heterocycles. The molecule has 2 heterocycles. The molecule has 1 aromatic heterocycles. The zero-order valence-electron chi connectivity index (χ0n) is 17.5. The Morgan fingerprint density at radius 1 is 1.13 bits per heavy atom. The van der Waals surface area contributed by atoms with Crippen molar-refractivity contribution in [3.8, 4) is 0 Å². The van der Waals surface area contributed by atoms with Crippen molar-refractivity contribution < 1.29 is 19.2 Å². The van der Waals surface area contributed by atoms with E-state index in [-0.39, 0.29) is 11.8 Å². The number of rotatable bonds is 7. The van der Waals surface area contributed by atoms with Gasteiger partial charge in [0.15, 0.2) is 6.54 Å². The second kappa shape index (κ2) is 9.73. The van der Waals surface area contributed by atoms with E-state index in [1.165, 1.54) is 20.9 Å². The SMILES string of the molecule is COCCNC(=O)c1c(NC(=O)C[NH+]2CCc3ccccc3C2)sc2c1CCCC2. The molecular weight excluding hydrogens is 398 g/mol. The van der Waals surface area contributed by atoms with E-state index in [4.69, 9.17) is 4.74 Å². The first-order chi connectivity index (χ1) is 14.7. The Morgan fingerprint density at radius 2 is 1.93 bits per heavy atom. The van der Waals surface area contributed by atoms with Gasteiger partial charge in [-0.1, -0.05) is 24.3 Å². The molecule has 0 bridgehead atoms. The second-order valence-corrected chi connectivity index (χ2v) is 9.19. The monoisotopic (exact) mass is 428 g/mol. The van der Waals surface area contributed by atoms with Crippen LogP contribution < -0.4 is 15.5 Å². The lowest BCUT2D eigenvalue weighted by atomic mass is 9.95. The van der Waals surface area contributed by atoms with E-state index in [0.717, 1.165) is 50.8 Å². The maximum Gasteiger partial charge on any atom is 0.280 e. The third-order valence-corrected chi connectivity index (χ3v) is 7.17. The number of hydrogen-bond donors (Lipinski definition) is 3. The number of carbonyl (C=O) groups is 2. The molecule has 2 aliphatic rings. The van der Waals surface area contributed by atoms with Gasteiger partial charge in [-0.3, -0.25) is 9.59 Å². The van der Waals surface area contributed by atoms with Gasteiger partial charge >= 0.3 is 0 Å². The molecular formula is C23H30N3O3S+. The van der Waals surface area contributed by atoms with Crippen molar-refractivity contribution in [3.05, 3.63) is 51.4 Å². The number of fused-ring (bicyclic) bond motifs is 2. The minimum Gasteiger partial charge on any atom is -0.383 e. The molecule has 1 aliphatic heterocycles. The van der Waals surface area contributed by atoms with Crippen LogP contribution >= 0.6 is 11.3 Å². The molecule has 1 unspecified atom stereocenters. The van der Waals surface area contributed by atoms with Crippen molar-refractivity contribution >= 4 is 28.2 Å². The zero-order valence-corrected chi connectivity index (χ0v) is 18.3. The van der Waals surface area contributed by atoms with Crippen LogP contribution in [-0.2, 0) is 35.3 Å². The summed E-state index contributed by atoms with van der Waals surface area (Å²) in [4.78, 5) is 28.2. The molecule has 0 spiro atoms. The fraction of sp³-hybridized carbons (Fsp3) is 0.478. The van der Waals surface area contributed by atoms with Crippen LogP contribution in [0.5, 0.6) is 0 Å². The zero-order chi connectivity index (χ0) is 20.9. The largest absolute Gasteiger partial charge is 0.383 e. The molecule has 7 heteroatoms. The summed E-state index contributed by atoms with van der Waals surface area (Å²) < 4.78 is 5.04. The van der Waals surface area contributed by atoms with Crippen molar-refractivity contribution in [1.29, 1.82) is 0 Å². The van der Waals surface area contributed by atoms with Gasteiger partial charge in [0.25, 0.3) is 11.8 Å². The van der Waals surface area contributed by atoms with Crippen molar-refractivity contribution in [2.75, 3.05) is 38.7 Å². The summed E-state index contributed by atoms with van der Waals surface area (Å²) in [5, 5.41) is 6.71. The molecule has 1 aliphatic carbocycles. The molecule has 160 valence electrons. The Balaban J connectivity index is 1.45. The van der Waals surface area contributed by atoms with Crippen LogP contribution in [-0.4, -0.2) is 45.2 Å². The standard InChI is InChI=1S/C23H29N3O3S/c1-29-13-11-24-22(28)21-18-8-4-5-9-19(18)30-23(21)25-20(27)15-26-12-10-16-6-2-3-7-17(16)14-26/h2-3,6-7H,4-5,8-15H2,1H3,(H,24,28)(H,25,27)/p+1. The number of thiophene rings is 1. The highest BCUT2D eigenvalue weighted by Gasteiger charge is 2.27. The normalized spacial score (nSPS) is 17.7. The van der Waals surface area contributed by atoms with Crippen molar-refractivity contribution in [2.45, 2.75) is 38.6 Å². The summed E-state index contributed by atoms with van der Waals surface area (Å²) in [6.45, 7) is 3.18. The number of anilines is 1. The summed E-state index contributed by atoms with van der Waals surface area (Å²) in [6.07, 6.45) is 5.13. The second-order valence-electron chi connectivity index (χ2n) is 8.08. The third-order valence-electron chi connectivity index (χ3n) is 5.96. The first kappa shape index (κ1) is 21.0. The molecule has 4 rings (SSSR count). The number of aryl methyl sites for hydroxylation is 1. The minimum absolute atomic E-state index is 0.0195. The third kappa shape index (κ3) is 4.74. The Morgan fingerprint density at radius 3 is 2.77 bits per heavy atom. The summed E-state index contributed by atoms with van der Waals surface area (Å²) in [6, 6.07) is 8.47. The van der Waals surface area contributed by atoms with E-state index in [9.17, 15) is 9.59 Å². The number of amides is 2. The van der Waals surface area contributed by atoms with Crippen LogP contribution in [0.1, 0.15) is 44.8 Å². The summed E-state index contributed by atoms with van der Waals surface area (Å²) in [5.41, 5.74) is 4.51. The lowest BCUT2D eigenvalue weighted by Crippen LogP contribution is -3.12. The van der Waals surface area contributed by atoms with Crippen LogP contribution in [0.25, 0.3) is 0 Å². The Kier molecular flexibility index (Phi) is 6.82. The Labute approximate surface area is 181 Å². The van der Waals surface area contributed by atoms with Crippen molar-refractivity contribution in [1.82, 2.24) is 5.32 Å². The fourth-order valence-electron chi connectivity index (χ4n) is 4.44. The molecule has 2 amide bonds. The highest BCUT2D eigenvalue weighted by Crippen LogP contribution is 2.38. The molecule has 30 heavy (non-hydrogen) atoms. The quantitative estimate of drug-likeness (QED) is 0.587. The summed E-state index contributed by atoms with van der Waals surface area (Å²) in [5.74, 6) is -0.130. The van der Waals surface area contributed by atoms with Gasteiger partial charge in [0.1, 0.15) is 11.5 Å². The van der Waals surface area contributed by atoms with Crippen LogP contribution in [0.4, 0.5) is 5.00 Å². The Hall–Kier alpha value is -2.22. The van der Waals surface area contributed by atoms with Crippen LogP contribution in [0.3, 0.4) is 0 Å². The summed E-state index contributed by atoms with van der Waals surface area (Å²) in [7, 11) is 1.62. The average molecular weight is 429 g/mol. The molecule has 2 aromatic rings. The number of benzene rings is 1. The lowest BCUT2D eigenvalue weighted by molar-refractivity contribution is -0.907. The van der Waals surface area contributed by atoms with Gasteiger partial charge in [0.2, 0.25) is 0 Å². The van der Waals surface area contributed by atoms with Crippen LogP contribution in [0.15, 0.2) is 24.3 Å². The lowest BCUT2D eigenvalue weighted by Gasteiger charge is -2.25. The predicted molar refractivity (Wildman–Crippen MR) is 118 cm³/mol. The van der Waals surface area contributed by atoms with E-state index in [1.54, 1.807) is 18.4 Å². The highest BCUT2D eigenvalue weighted by molar-refractivity contribution is 7.17. The molecule has 3 N–H and O–H groups in total. The number of hydrogen-bond acceptors (Lipinski definition) is 4. The van der Waals surface area contributed by atoms with E-state index in [2.05, 4.69) is 34.9 Å². The van der Waals surface area contributed by atoms with E-state index in [0.29, 0.717) is 30.3 Å². The summed E-state index contributed by atoms with van der Waals surface area (Å²) >= 11 is 1.58. The molecule has 1 aromatic carbocycles. The number of carbonyl (C=O) groups excluding carboxylic acids is 2. The molecule has 0 radical (unpaired) electrons. The number of ether oxygens (including phenoxy) is 1. The predicted octanol–water partition coefficient (Wildman–Crippen LogP) is 1.58. The van der Waals surface area contributed by atoms with Gasteiger partial charge in [-0.25, -0.2) is 0 Å². The van der Waals surface area contributed by atoms with Gasteiger partial charge in [-0.15, -0.1) is 11.3 Å². The van der Waals surface area contributed by atoms with Crippen LogP contribution in [0.2, 0.25) is 0 Å². The molecule has 6 nitrogen and oxygen atoms in total. The van der Waals surface area contributed by atoms with Gasteiger partial charge in [-0.2, -0.15) is 0 Å². The van der Waals surface area contributed by atoms with Crippen molar-refractivity contribution in [2.24, 2.45) is 0 Å². The molecule has 0 saturated carbocycles. The molecule has 0 fully saturated rings. The topological polar surface area (TPSA) is 71.9 Å². The van der Waals surface area contributed by atoms with E-state index in [1.807, 2.05) is 0 Å². The van der Waals surface area contributed by atoms with Gasteiger partial charge in [-0.05, 0) is 36.8 Å². The van der Waals surface area contributed by atoms with Gasteiger partial charge in [0.05, 0.1) is 18.7 Å². The maximum atomic E-state index is 12.9. The van der Waals surface area contributed by atoms with Crippen LogP contribution in [0, 0.1) is 0 Å². The first-order valence-corrected chi connectivity index (χ1v) is 11.6. The van der Waals surface area contributed by atoms with Crippen molar-refractivity contribution in [3.63, 3.8) is 0 Å². The van der Waals surface area contributed by atoms with E-state index < -0.39 is 0 Å². The number of methoxy groups -OCH3 is 1. The minimum atomic E-state index is -0.110. The number of nitrogens with one attached hydrogen (secondary N) is 3. The average Bonchev–Trinajstić information content (AvgIpc) is 3.11.